The lowest BCUT2D eigenvalue weighted by atomic mass is 10.1. The average molecular weight is 78.9 g/mol. The Morgan fingerprint density at radius 3 is 2.67 bits per heavy atom. The lowest BCUT2D eigenvalue weighted by Crippen LogP contribution is -1.98. The van der Waals surface area contributed by atoms with Crippen LogP contribution in [0.1, 0.15) is 0 Å². The van der Waals surface area contributed by atoms with Gasteiger partial charge in [0.1, 0.15) is 0 Å². The smallest absolute Gasteiger partial charge is 0.160 e. The van der Waals surface area contributed by atoms with Gasteiger partial charge in [-0.15, -0.1) is 0 Å². The van der Waals surface area contributed by atoms with Crippen LogP contribution in [0.15, 0.2) is 18.3 Å². The summed E-state index contributed by atoms with van der Waals surface area (Å²) in [4.78, 5) is 3.00. The van der Waals surface area contributed by atoms with E-state index in [0.717, 1.165) is 0 Å². The van der Waals surface area contributed by atoms with Gasteiger partial charge in [0, 0.05) is 0 Å². The zero-order valence-corrected chi connectivity index (χ0v) is 3.73. The normalized spacial score (nSPS) is 8.67. The van der Waals surface area contributed by atoms with E-state index in [1.54, 1.807) is 0 Å². The Labute approximate surface area is 37.8 Å². The van der Waals surface area contributed by atoms with E-state index in [4.69, 9.17) is 0 Å². The average Bonchev–Trinajstić information content (AvgIpc) is 1.86. The van der Waals surface area contributed by atoms with Crippen LogP contribution in [0.5, 0.6) is 0 Å². The molecule has 1 nitrogen and oxygen atoms in total. The number of hydrogen-bond donors (Lipinski definition) is 1. The van der Waals surface area contributed by atoms with Gasteiger partial charge in [-0.05, 0) is 17.9 Å². The summed E-state index contributed by atoms with van der Waals surface area (Å²) in [5, 5.41) is 0. The number of H-pyrrole nitrogens is 1. The quantitative estimate of drug-likeness (QED) is 0.394. The van der Waals surface area contributed by atoms with Crippen LogP contribution in [0.4, 0.5) is 0 Å². The van der Waals surface area contributed by atoms with Crippen molar-refractivity contribution in [2.24, 2.45) is 0 Å². The van der Waals surface area contributed by atoms with Gasteiger partial charge in [0.2, 0.25) is 0 Å². The molecule has 0 saturated carbocycles. The maximum Gasteiger partial charge on any atom is 0.160 e. The summed E-state index contributed by atoms with van der Waals surface area (Å²) in [7, 11) is 2.03. The van der Waals surface area contributed by atoms with Crippen LogP contribution in [0.25, 0.3) is 0 Å². The summed E-state index contributed by atoms with van der Waals surface area (Å²) < 4.78 is 0. The summed E-state index contributed by atoms with van der Waals surface area (Å²) in [5.74, 6) is 0. The predicted molar refractivity (Wildman–Crippen MR) is 29.0 cm³/mol. The Kier molecular flexibility index (Phi) is 0.711. The van der Waals surface area contributed by atoms with Crippen molar-refractivity contribution in [3.05, 3.63) is 18.3 Å². The molecule has 0 amide bonds. The zero-order valence-electron chi connectivity index (χ0n) is 3.73. The molecule has 0 spiro atoms. The number of aromatic nitrogens is 1. The minimum atomic E-state index is 1.22. The van der Waals surface area contributed by atoms with Gasteiger partial charge in [0.25, 0.3) is 0 Å². The second-order valence-electron chi connectivity index (χ2n) is 1.35. The summed E-state index contributed by atoms with van der Waals surface area (Å²) in [6, 6.07) is 4.01. The molecular formula is C4H6BN. The fourth-order valence-electron chi connectivity index (χ4n) is 0.420. The molecule has 2 heteroatoms. The van der Waals surface area contributed by atoms with Crippen LogP contribution in [0.2, 0.25) is 0 Å². The van der Waals surface area contributed by atoms with E-state index in [0.29, 0.717) is 0 Å². The van der Waals surface area contributed by atoms with Crippen molar-refractivity contribution in [2.45, 2.75) is 0 Å². The molecule has 0 saturated heterocycles. The standard InChI is InChI=1S/C4H6BN/c5-4-2-1-3-6-4/h1-3,6H,5H2. The summed E-state index contributed by atoms with van der Waals surface area (Å²) in [5.41, 5.74) is 1.22. The summed E-state index contributed by atoms with van der Waals surface area (Å²) in [6.07, 6.45) is 1.91. The minimum Gasteiger partial charge on any atom is -0.374 e. The van der Waals surface area contributed by atoms with Crippen molar-refractivity contribution in [3.8, 4) is 0 Å². The van der Waals surface area contributed by atoms with E-state index in [2.05, 4.69) is 4.98 Å². The third-order valence-electron chi connectivity index (χ3n) is 0.753. The Balaban J connectivity index is 3.05. The number of aromatic amines is 1. The van der Waals surface area contributed by atoms with Crippen LogP contribution >= 0.6 is 0 Å². The van der Waals surface area contributed by atoms with Gasteiger partial charge in [-0.1, -0.05) is 6.07 Å². The van der Waals surface area contributed by atoms with Gasteiger partial charge in [-0.3, -0.25) is 0 Å². The van der Waals surface area contributed by atoms with Crippen LogP contribution in [0, 0.1) is 0 Å². The first kappa shape index (κ1) is 3.53. The molecule has 0 unspecified atom stereocenters. The van der Waals surface area contributed by atoms with Crippen molar-refractivity contribution in [1.82, 2.24) is 4.98 Å². The second kappa shape index (κ2) is 1.21. The molecule has 1 rings (SSSR count). The van der Waals surface area contributed by atoms with Gasteiger partial charge in [0.15, 0.2) is 7.85 Å². The van der Waals surface area contributed by atoms with E-state index in [1.807, 2.05) is 26.2 Å². The van der Waals surface area contributed by atoms with Crippen molar-refractivity contribution in [3.63, 3.8) is 0 Å². The van der Waals surface area contributed by atoms with E-state index in [-0.39, 0.29) is 0 Å². The van der Waals surface area contributed by atoms with Crippen LogP contribution in [0.3, 0.4) is 0 Å². The van der Waals surface area contributed by atoms with E-state index < -0.39 is 0 Å². The summed E-state index contributed by atoms with van der Waals surface area (Å²) >= 11 is 0. The SMILES string of the molecule is Bc1ccc[nH]1. The third kappa shape index (κ3) is 0.457. The highest BCUT2D eigenvalue weighted by Crippen LogP contribution is 1.68. The first-order valence-corrected chi connectivity index (χ1v) is 1.99. The predicted octanol–water partition coefficient (Wildman–Crippen LogP) is -0.727. The topological polar surface area (TPSA) is 15.8 Å². The molecule has 0 aliphatic heterocycles. The number of nitrogens with one attached hydrogen (secondary N) is 1. The highest BCUT2D eigenvalue weighted by molar-refractivity contribution is 6.30. The first-order valence-electron chi connectivity index (χ1n) is 1.99. The summed E-state index contributed by atoms with van der Waals surface area (Å²) in [6.45, 7) is 0. The molecule has 6 heavy (non-hydrogen) atoms. The highest BCUT2D eigenvalue weighted by atomic mass is 14.6. The van der Waals surface area contributed by atoms with E-state index >= 15 is 0 Å². The molecular weight excluding hydrogens is 72.9 g/mol. The number of rotatable bonds is 0. The minimum absolute atomic E-state index is 1.22. The fraction of sp³-hybridized carbons (Fsp3) is 0. The Morgan fingerprint density at radius 1 is 1.67 bits per heavy atom. The molecule has 0 aromatic carbocycles. The molecule has 0 bridgehead atoms. The van der Waals surface area contributed by atoms with Gasteiger partial charge < -0.3 is 4.98 Å². The van der Waals surface area contributed by atoms with Gasteiger partial charge in [-0.25, -0.2) is 0 Å². The molecule has 30 valence electrons. The Hall–Kier alpha value is -0.655. The monoisotopic (exact) mass is 79.1 g/mol. The van der Waals surface area contributed by atoms with Crippen molar-refractivity contribution < 1.29 is 0 Å². The molecule has 1 N–H and O–H groups in total. The lowest BCUT2D eigenvalue weighted by molar-refractivity contribution is 1.47. The maximum absolute atomic E-state index is 3.00. The van der Waals surface area contributed by atoms with Crippen molar-refractivity contribution in [1.29, 1.82) is 0 Å². The van der Waals surface area contributed by atoms with Crippen LogP contribution < -0.4 is 5.59 Å². The van der Waals surface area contributed by atoms with Gasteiger partial charge in [-0.2, -0.15) is 0 Å². The van der Waals surface area contributed by atoms with Crippen LogP contribution in [-0.2, 0) is 0 Å². The van der Waals surface area contributed by atoms with Crippen molar-refractivity contribution >= 4 is 13.4 Å². The molecule has 0 aliphatic carbocycles. The van der Waals surface area contributed by atoms with Crippen molar-refractivity contribution in [2.75, 3.05) is 0 Å². The lowest BCUT2D eigenvalue weighted by Gasteiger charge is -1.70. The first-order chi connectivity index (χ1) is 2.89. The highest BCUT2D eigenvalue weighted by Gasteiger charge is 1.72. The van der Waals surface area contributed by atoms with E-state index in [1.165, 1.54) is 5.59 Å². The molecule has 1 aromatic heterocycles. The van der Waals surface area contributed by atoms with Gasteiger partial charge in [0.05, 0.1) is 0 Å². The number of hydrogen-bond acceptors (Lipinski definition) is 0. The molecule has 0 aliphatic rings. The fourth-order valence-corrected chi connectivity index (χ4v) is 0.420. The molecule has 1 aromatic rings. The van der Waals surface area contributed by atoms with Gasteiger partial charge >= 0.3 is 0 Å². The molecule has 1 heterocycles. The van der Waals surface area contributed by atoms with Crippen LogP contribution in [-0.4, -0.2) is 12.8 Å². The maximum atomic E-state index is 3.00. The second-order valence-corrected chi connectivity index (χ2v) is 1.35. The Morgan fingerprint density at radius 2 is 2.50 bits per heavy atom. The van der Waals surface area contributed by atoms with E-state index in [9.17, 15) is 0 Å². The largest absolute Gasteiger partial charge is 0.374 e. The molecule has 0 radical (unpaired) electrons. The zero-order chi connectivity index (χ0) is 4.41. The molecule has 0 fully saturated rings. The Bertz CT molecular complexity index is 111. The third-order valence-corrected chi connectivity index (χ3v) is 0.753. The molecule has 0 atom stereocenters.